The lowest BCUT2D eigenvalue weighted by Crippen LogP contribution is -2.22. The van der Waals surface area contributed by atoms with Crippen LogP contribution in [0.1, 0.15) is 32.1 Å². The number of hydrogen-bond acceptors (Lipinski definition) is 2. The number of carbonyl (C=O) groups excluding carboxylic acids is 1. The average Bonchev–Trinajstić information content (AvgIpc) is 1.93. The molecule has 0 aliphatic heterocycles. The molecule has 1 amide bonds. The van der Waals surface area contributed by atoms with Crippen molar-refractivity contribution in [2.24, 2.45) is 5.73 Å². The molecule has 0 radical (unpaired) electrons. The highest BCUT2D eigenvalue weighted by atomic mass is 16.6. The highest BCUT2D eigenvalue weighted by Crippen LogP contribution is 2.14. The first-order valence-corrected chi connectivity index (χ1v) is 4.40. The van der Waals surface area contributed by atoms with Gasteiger partial charge in [0.25, 0.3) is 0 Å². The van der Waals surface area contributed by atoms with Crippen molar-refractivity contribution in [1.82, 2.24) is 0 Å². The van der Waals surface area contributed by atoms with E-state index in [4.69, 9.17) is 10.5 Å². The zero-order valence-electron chi connectivity index (χ0n) is 7.16. The molecule has 0 aromatic carbocycles. The monoisotopic (exact) mass is 169 g/mol. The molecule has 0 saturated carbocycles. The molecule has 68 valence electrons. The summed E-state index contributed by atoms with van der Waals surface area (Å²) in [6.07, 6.45) is 8.69. The standard InChI is InChI=1S/C9H15NO2/c10-9(11)12-8-6-4-2-1-3-5-7-8/h1-2,8H,3-7H2,(H2,10,11)/b2-1+/t8-/m0/s1. The largest absolute Gasteiger partial charge is 0.446 e. The fraction of sp³-hybridized carbons (Fsp3) is 0.667. The van der Waals surface area contributed by atoms with Crippen LogP contribution in [-0.4, -0.2) is 12.2 Å². The topological polar surface area (TPSA) is 52.3 Å². The maximum Gasteiger partial charge on any atom is 0.404 e. The molecule has 12 heavy (non-hydrogen) atoms. The molecule has 1 aliphatic rings. The van der Waals surface area contributed by atoms with Gasteiger partial charge in [-0.25, -0.2) is 4.79 Å². The van der Waals surface area contributed by atoms with Gasteiger partial charge in [0.05, 0.1) is 0 Å². The lowest BCUT2D eigenvalue weighted by molar-refractivity contribution is 0.0946. The third kappa shape index (κ3) is 3.42. The first-order valence-electron chi connectivity index (χ1n) is 4.40. The van der Waals surface area contributed by atoms with Gasteiger partial charge in [-0.2, -0.15) is 0 Å². The number of primary amides is 1. The quantitative estimate of drug-likeness (QED) is 0.610. The Balaban J connectivity index is 2.32. The molecule has 1 rings (SSSR count). The van der Waals surface area contributed by atoms with E-state index in [0.29, 0.717) is 0 Å². The van der Waals surface area contributed by atoms with Crippen molar-refractivity contribution in [3.05, 3.63) is 12.2 Å². The van der Waals surface area contributed by atoms with Gasteiger partial charge in [-0.3, -0.25) is 0 Å². The molecule has 0 fully saturated rings. The molecular formula is C9H15NO2. The van der Waals surface area contributed by atoms with Crippen molar-refractivity contribution in [3.63, 3.8) is 0 Å². The molecular weight excluding hydrogens is 154 g/mol. The van der Waals surface area contributed by atoms with Crippen LogP contribution in [0.3, 0.4) is 0 Å². The van der Waals surface area contributed by atoms with Gasteiger partial charge in [-0.15, -0.1) is 0 Å². The van der Waals surface area contributed by atoms with Gasteiger partial charge in [0, 0.05) is 0 Å². The minimum atomic E-state index is -0.649. The normalized spacial score (nSPS) is 26.8. The van der Waals surface area contributed by atoms with Crippen molar-refractivity contribution in [3.8, 4) is 0 Å². The van der Waals surface area contributed by atoms with E-state index in [9.17, 15) is 4.79 Å². The van der Waals surface area contributed by atoms with Crippen molar-refractivity contribution in [2.45, 2.75) is 38.2 Å². The van der Waals surface area contributed by atoms with Crippen molar-refractivity contribution < 1.29 is 9.53 Å². The SMILES string of the molecule is NC(=O)O[C@H]1CC/C=C/CCC1. The summed E-state index contributed by atoms with van der Waals surface area (Å²) in [6.45, 7) is 0. The van der Waals surface area contributed by atoms with Crippen molar-refractivity contribution in [2.75, 3.05) is 0 Å². The number of carbonyl (C=O) groups is 1. The molecule has 0 bridgehead atoms. The molecule has 0 aromatic rings. The van der Waals surface area contributed by atoms with E-state index in [0.717, 1.165) is 32.1 Å². The summed E-state index contributed by atoms with van der Waals surface area (Å²) in [5, 5.41) is 0. The average molecular weight is 169 g/mol. The number of rotatable bonds is 1. The molecule has 1 aliphatic carbocycles. The van der Waals surface area contributed by atoms with Gasteiger partial charge >= 0.3 is 6.09 Å². The van der Waals surface area contributed by atoms with Crippen LogP contribution >= 0.6 is 0 Å². The van der Waals surface area contributed by atoms with E-state index in [1.807, 2.05) is 0 Å². The first-order chi connectivity index (χ1) is 5.79. The summed E-state index contributed by atoms with van der Waals surface area (Å²) < 4.78 is 4.93. The second-order valence-corrected chi connectivity index (χ2v) is 3.04. The summed E-state index contributed by atoms with van der Waals surface area (Å²) in [5.41, 5.74) is 4.93. The van der Waals surface area contributed by atoms with E-state index >= 15 is 0 Å². The van der Waals surface area contributed by atoms with Crippen molar-refractivity contribution >= 4 is 6.09 Å². The number of allylic oxidation sites excluding steroid dienone is 2. The van der Waals surface area contributed by atoms with E-state index in [1.54, 1.807) is 0 Å². The van der Waals surface area contributed by atoms with Crippen LogP contribution in [0.2, 0.25) is 0 Å². The molecule has 0 saturated heterocycles. The summed E-state index contributed by atoms with van der Waals surface area (Å²) in [4.78, 5) is 10.4. The Bertz CT molecular complexity index is 177. The third-order valence-electron chi connectivity index (χ3n) is 2.00. The minimum Gasteiger partial charge on any atom is -0.446 e. The Morgan fingerprint density at radius 3 is 2.83 bits per heavy atom. The Morgan fingerprint density at radius 1 is 1.33 bits per heavy atom. The lowest BCUT2D eigenvalue weighted by atomic mass is 10.0. The van der Waals surface area contributed by atoms with Gasteiger partial charge in [0.15, 0.2) is 0 Å². The van der Waals surface area contributed by atoms with Gasteiger partial charge in [0.2, 0.25) is 0 Å². The second-order valence-electron chi connectivity index (χ2n) is 3.04. The Labute approximate surface area is 72.6 Å². The zero-order chi connectivity index (χ0) is 8.81. The second kappa shape index (κ2) is 4.80. The highest BCUT2D eigenvalue weighted by molar-refractivity contribution is 5.64. The van der Waals surface area contributed by atoms with Gasteiger partial charge in [-0.05, 0) is 32.1 Å². The molecule has 0 aromatic heterocycles. The summed E-state index contributed by atoms with van der Waals surface area (Å²) in [6, 6.07) is 0. The minimum absolute atomic E-state index is 0.0347. The summed E-state index contributed by atoms with van der Waals surface area (Å²) >= 11 is 0. The number of amides is 1. The molecule has 0 unspecified atom stereocenters. The predicted octanol–water partition coefficient (Wildman–Crippen LogP) is 1.97. The van der Waals surface area contributed by atoms with Crippen LogP contribution in [0.4, 0.5) is 4.79 Å². The molecule has 3 nitrogen and oxygen atoms in total. The van der Waals surface area contributed by atoms with Gasteiger partial charge < -0.3 is 10.5 Å². The first kappa shape index (κ1) is 9.10. The molecule has 3 heteroatoms. The molecule has 1 atom stereocenters. The summed E-state index contributed by atoms with van der Waals surface area (Å²) in [7, 11) is 0. The molecule has 0 heterocycles. The lowest BCUT2D eigenvalue weighted by Gasteiger charge is -2.16. The highest BCUT2D eigenvalue weighted by Gasteiger charge is 2.11. The van der Waals surface area contributed by atoms with Crippen LogP contribution in [0.15, 0.2) is 12.2 Å². The van der Waals surface area contributed by atoms with E-state index in [2.05, 4.69) is 12.2 Å². The molecule has 2 N–H and O–H groups in total. The Hall–Kier alpha value is -0.990. The van der Waals surface area contributed by atoms with Crippen LogP contribution in [0, 0.1) is 0 Å². The fourth-order valence-corrected chi connectivity index (χ4v) is 1.41. The van der Waals surface area contributed by atoms with Crippen LogP contribution in [0.5, 0.6) is 0 Å². The summed E-state index contributed by atoms with van der Waals surface area (Å²) in [5.74, 6) is 0. The van der Waals surface area contributed by atoms with E-state index < -0.39 is 6.09 Å². The van der Waals surface area contributed by atoms with Gasteiger partial charge in [-0.1, -0.05) is 12.2 Å². The van der Waals surface area contributed by atoms with Crippen molar-refractivity contribution in [1.29, 1.82) is 0 Å². The van der Waals surface area contributed by atoms with Gasteiger partial charge in [0.1, 0.15) is 6.10 Å². The smallest absolute Gasteiger partial charge is 0.404 e. The number of nitrogens with two attached hydrogens (primary N) is 1. The zero-order valence-corrected chi connectivity index (χ0v) is 7.16. The fourth-order valence-electron chi connectivity index (χ4n) is 1.41. The third-order valence-corrected chi connectivity index (χ3v) is 2.00. The van der Waals surface area contributed by atoms with Crippen LogP contribution < -0.4 is 5.73 Å². The maximum atomic E-state index is 10.4. The van der Waals surface area contributed by atoms with E-state index in [1.165, 1.54) is 0 Å². The predicted molar refractivity (Wildman–Crippen MR) is 46.7 cm³/mol. The molecule has 0 spiro atoms. The maximum absolute atomic E-state index is 10.4. The number of hydrogen-bond donors (Lipinski definition) is 1. The number of ether oxygens (including phenoxy) is 1. The van der Waals surface area contributed by atoms with Crippen LogP contribution in [0.25, 0.3) is 0 Å². The Kier molecular flexibility index (Phi) is 3.64. The van der Waals surface area contributed by atoms with Crippen LogP contribution in [-0.2, 0) is 4.74 Å². The Morgan fingerprint density at radius 2 is 2.08 bits per heavy atom. The van der Waals surface area contributed by atoms with E-state index in [-0.39, 0.29) is 6.10 Å².